The van der Waals surface area contributed by atoms with Crippen molar-refractivity contribution in [2.75, 3.05) is 18.2 Å². The molecule has 1 aliphatic carbocycles. The molecule has 0 atom stereocenters. The number of nitrogens with two attached hydrogens (primary N) is 1. The van der Waals surface area contributed by atoms with Crippen molar-refractivity contribution >= 4 is 23.5 Å². The molecule has 6 nitrogen and oxygen atoms in total. The molecule has 1 aliphatic rings. The normalized spacial score (nSPS) is 16.8. The van der Waals surface area contributed by atoms with Gasteiger partial charge >= 0.3 is 0 Å². The number of carbonyl (C=O) groups excluding carboxylic acids is 1. The molecule has 7 heteroatoms. The van der Waals surface area contributed by atoms with Crippen LogP contribution in [0.25, 0.3) is 0 Å². The molecule has 1 fully saturated rings. The summed E-state index contributed by atoms with van der Waals surface area (Å²) in [4.78, 5) is 11.9. The van der Waals surface area contributed by atoms with Gasteiger partial charge in [0.25, 0.3) is 5.91 Å². The number of nitrogens with one attached hydrogen (secondary N) is 2. The molecule has 0 radical (unpaired) electrons. The van der Waals surface area contributed by atoms with Crippen LogP contribution in [0.2, 0.25) is 0 Å². The fraction of sp³-hybridized carbons (Fsp3) is 0.545. The maximum Gasteiger partial charge on any atom is 0.271 e. The maximum atomic E-state index is 11.9. The summed E-state index contributed by atoms with van der Waals surface area (Å²) in [6.07, 6.45) is 5.66. The van der Waals surface area contributed by atoms with Gasteiger partial charge in [-0.05, 0) is 31.2 Å². The van der Waals surface area contributed by atoms with Gasteiger partial charge in [0.1, 0.15) is 0 Å². The van der Waals surface area contributed by atoms with Crippen molar-refractivity contribution in [2.24, 2.45) is 5.84 Å². The van der Waals surface area contributed by atoms with Crippen LogP contribution in [0.1, 0.15) is 29.8 Å². The van der Waals surface area contributed by atoms with Crippen LogP contribution in [0.3, 0.4) is 0 Å². The van der Waals surface area contributed by atoms with Gasteiger partial charge in [0, 0.05) is 11.3 Å². The molecule has 4 N–H and O–H groups in total. The lowest BCUT2D eigenvalue weighted by Crippen LogP contribution is -2.45. The fourth-order valence-corrected chi connectivity index (χ4v) is 2.80. The second kappa shape index (κ2) is 5.53. The van der Waals surface area contributed by atoms with Crippen LogP contribution in [0.5, 0.6) is 0 Å². The second-order valence-electron chi connectivity index (χ2n) is 4.37. The van der Waals surface area contributed by atoms with Gasteiger partial charge in [-0.15, -0.1) is 10.2 Å². The zero-order valence-electron chi connectivity index (χ0n) is 10.3. The average molecular weight is 267 g/mol. The SMILES string of the molecule is CSC1(CNC(=O)c2ccc(NN)nn2)CCC1. The highest BCUT2D eigenvalue weighted by molar-refractivity contribution is 8.00. The summed E-state index contributed by atoms with van der Waals surface area (Å²) >= 11 is 1.82. The molecule has 1 saturated carbocycles. The first kappa shape index (κ1) is 13.1. The number of hydrogen-bond donors (Lipinski definition) is 3. The number of anilines is 1. The molecule has 0 bridgehead atoms. The Kier molecular flexibility index (Phi) is 4.03. The van der Waals surface area contributed by atoms with E-state index in [-0.39, 0.29) is 10.7 Å². The van der Waals surface area contributed by atoms with Gasteiger partial charge < -0.3 is 10.7 Å². The summed E-state index contributed by atoms with van der Waals surface area (Å²) in [6.45, 7) is 0.686. The molecule has 0 saturated heterocycles. The van der Waals surface area contributed by atoms with Gasteiger partial charge in [-0.3, -0.25) is 4.79 Å². The molecular weight excluding hydrogens is 250 g/mol. The molecule has 1 amide bonds. The van der Waals surface area contributed by atoms with Crippen molar-refractivity contribution in [3.63, 3.8) is 0 Å². The molecule has 0 spiro atoms. The summed E-state index contributed by atoms with van der Waals surface area (Å²) < 4.78 is 0.224. The average Bonchev–Trinajstić information content (AvgIpc) is 2.38. The quantitative estimate of drug-likeness (QED) is 0.539. The highest BCUT2D eigenvalue weighted by atomic mass is 32.2. The third-order valence-corrected chi connectivity index (χ3v) is 4.73. The lowest BCUT2D eigenvalue weighted by molar-refractivity contribution is 0.0938. The Hall–Kier alpha value is -1.34. The van der Waals surface area contributed by atoms with Gasteiger partial charge in [-0.25, -0.2) is 5.84 Å². The predicted molar refractivity (Wildman–Crippen MR) is 72.3 cm³/mol. The zero-order valence-corrected chi connectivity index (χ0v) is 11.1. The van der Waals surface area contributed by atoms with E-state index in [2.05, 4.69) is 27.2 Å². The Morgan fingerprint density at radius 3 is 2.72 bits per heavy atom. The van der Waals surface area contributed by atoms with Crippen LogP contribution in [-0.2, 0) is 0 Å². The first-order valence-electron chi connectivity index (χ1n) is 5.83. The Bertz CT molecular complexity index is 412. The lowest BCUT2D eigenvalue weighted by Gasteiger charge is -2.40. The molecule has 1 aromatic heterocycles. The summed E-state index contributed by atoms with van der Waals surface area (Å²) in [5, 5.41) is 10.5. The van der Waals surface area contributed by atoms with Gasteiger partial charge in [0.05, 0.1) is 0 Å². The monoisotopic (exact) mass is 267 g/mol. The van der Waals surface area contributed by atoms with E-state index in [0.29, 0.717) is 18.1 Å². The van der Waals surface area contributed by atoms with Gasteiger partial charge in [0.15, 0.2) is 11.5 Å². The van der Waals surface area contributed by atoms with Crippen molar-refractivity contribution in [2.45, 2.75) is 24.0 Å². The van der Waals surface area contributed by atoms with Crippen molar-refractivity contribution in [1.29, 1.82) is 0 Å². The molecule has 98 valence electrons. The van der Waals surface area contributed by atoms with Crippen LogP contribution < -0.4 is 16.6 Å². The highest BCUT2D eigenvalue weighted by Gasteiger charge is 2.36. The number of hydrazine groups is 1. The van der Waals surface area contributed by atoms with Gasteiger partial charge in [-0.2, -0.15) is 11.8 Å². The minimum absolute atomic E-state index is 0.189. The topological polar surface area (TPSA) is 92.9 Å². The first-order valence-corrected chi connectivity index (χ1v) is 7.05. The standard InChI is InChI=1S/C11H17N5OS/c1-18-11(5-2-6-11)7-13-10(17)8-3-4-9(14-12)16-15-8/h3-4H,2,5-7,12H2,1H3,(H,13,17)(H,14,16). The van der Waals surface area contributed by atoms with Crippen LogP contribution in [-0.4, -0.2) is 33.7 Å². The van der Waals surface area contributed by atoms with E-state index < -0.39 is 0 Å². The van der Waals surface area contributed by atoms with E-state index in [4.69, 9.17) is 5.84 Å². The number of nitrogens with zero attached hydrogens (tertiary/aromatic N) is 2. The van der Waals surface area contributed by atoms with E-state index >= 15 is 0 Å². The molecule has 18 heavy (non-hydrogen) atoms. The Balaban J connectivity index is 1.90. The van der Waals surface area contributed by atoms with Crippen molar-refractivity contribution in [1.82, 2.24) is 15.5 Å². The smallest absolute Gasteiger partial charge is 0.271 e. The summed E-state index contributed by atoms with van der Waals surface area (Å²) in [6, 6.07) is 3.22. The largest absolute Gasteiger partial charge is 0.349 e. The van der Waals surface area contributed by atoms with E-state index in [9.17, 15) is 4.79 Å². The van der Waals surface area contributed by atoms with Crippen LogP contribution in [0.4, 0.5) is 5.82 Å². The van der Waals surface area contributed by atoms with E-state index in [1.54, 1.807) is 12.1 Å². The minimum Gasteiger partial charge on any atom is -0.349 e. The second-order valence-corrected chi connectivity index (χ2v) is 5.65. The number of rotatable bonds is 5. The third-order valence-electron chi connectivity index (χ3n) is 3.31. The number of amides is 1. The van der Waals surface area contributed by atoms with Crippen LogP contribution in [0, 0.1) is 0 Å². The Morgan fingerprint density at radius 2 is 2.28 bits per heavy atom. The Labute approximate surface area is 110 Å². The fourth-order valence-electron chi connectivity index (χ4n) is 1.89. The third kappa shape index (κ3) is 2.73. The van der Waals surface area contributed by atoms with Crippen molar-refractivity contribution in [3.05, 3.63) is 17.8 Å². The summed E-state index contributed by atoms with van der Waals surface area (Å²) in [5.41, 5.74) is 2.68. The van der Waals surface area contributed by atoms with E-state index in [0.717, 1.165) is 12.8 Å². The number of carbonyl (C=O) groups is 1. The molecular formula is C11H17N5OS. The molecule has 2 rings (SSSR count). The molecule has 1 heterocycles. The Morgan fingerprint density at radius 1 is 1.50 bits per heavy atom. The van der Waals surface area contributed by atoms with Crippen LogP contribution >= 0.6 is 11.8 Å². The highest BCUT2D eigenvalue weighted by Crippen LogP contribution is 2.42. The van der Waals surface area contributed by atoms with Crippen molar-refractivity contribution < 1.29 is 4.79 Å². The summed E-state index contributed by atoms with van der Waals surface area (Å²) in [7, 11) is 0. The predicted octanol–water partition coefficient (Wildman–Crippen LogP) is 0.778. The van der Waals surface area contributed by atoms with Gasteiger partial charge in [-0.1, -0.05) is 6.42 Å². The molecule has 1 aromatic rings. The van der Waals surface area contributed by atoms with Crippen molar-refractivity contribution in [3.8, 4) is 0 Å². The summed E-state index contributed by atoms with van der Waals surface area (Å²) in [5.74, 6) is 5.43. The van der Waals surface area contributed by atoms with Crippen LogP contribution in [0.15, 0.2) is 12.1 Å². The number of aromatic nitrogens is 2. The van der Waals surface area contributed by atoms with E-state index in [1.807, 2.05) is 11.8 Å². The molecule has 0 unspecified atom stereocenters. The maximum absolute atomic E-state index is 11.9. The first-order chi connectivity index (χ1) is 8.69. The number of hydrogen-bond acceptors (Lipinski definition) is 6. The van der Waals surface area contributed by atoms with E-state index in [1.165, 1.54) is 6.42 Å². The van der Waals surface area contributed by atoms with Gasteiger partial charge in [0.2, 0.25) is 0 Å². The molecule has 0 aromatic carbocycles. The lowest BCUT2D eigenvalue weighted by atomic mass is 9.84. The number of nitrogen functional groups attached to an aromatic ring is 1. The molecule has 0 aliphatic heterocycles. The minimum atomic E-state index is -0.189. The zero-order chi connectivity index (χ0) is 13.0. The number of thioether (sulfide) groups is 1.